The van der Waals surface area contributed by atoms with E-state index < -0.39 is 29.0 Å². The van der Waals surface area contributed by atoms with E-state index in [-0.39, 0.29) is 63.2 Å². The Bertz CT molecular complexity index is 1540. The topological polar surface area (TPSA) is 129 Å². The molecular weight excluding hydrogens is 571 g/mol. The summed E-state index contributed by atoms with van der Waals surface area (Å²) < 4.78 is 11.4. The molecule has 216 valence electrons. The van der Waals surface area contributed by atoms with E-state index in [1.165, 1.54) is 12.1 Å². The number of nitrogens with one attached hydrogen (secondary N) is 1. The maximum Gasteiger partial charge on any atom is 0.341 e. The number of aliphatic hydroxyl groups excluding tert-OH is 1. The number of amides is 1. The number of likely N-dealkylation sites (tertiary alicyclic amines) is 1. The smallest absolute Gasteiger partial charge is 0.341 e. The molecule has 5 aliphatic rings. The number of nitrogens with zero attached hydrogens (tertiary/aromatic N) is 1. The minimum atomic E-state index is -1.47. The average molecular weight is 601 g/mol. The van der Waals surface area contributed by atoms with Crippen molar-refractivity contribution >= 4 is 40.8 Å². The molecule has 2 heterocycles. The van der Waals surface area contributed by atoms with Gasteiger partial charge in [-0.1, -0.05) is 29.3 Å². The van der Waals surface area contributed by atoms with Crippen LogP contribution in [0.4, 0.5) is 5.69 Å². The number of esters is 1. The van der Waals surface area contributed by atoms with Crippen LogP contribution in [0.25, 0.3) is 0 Å². The number of anilines is 1. The first-order valence-corrected chi connectivity index (χ1v) is 14.7. The summed E-state index contributed by atoms with van der Waals surface area (Å²) in [4.78, 5) is 28.9. The zero-order valence-corrected chi connectivity index (χ0v) is 23.9. The number of phenolic OH excluding ortho intramolecular Hbond substituents is 1. The van der Waals surface area contributed by atoms with E-state index in [1.54, 1.807) is 13.0 Å². The third-order valence-electron chi connectivity index (χ3n) is 9.57. The van der Waals surface area contributed by atoms with E-state index in [0.29, 0.717) is 25.3 Å². The Kier molecular flexibility index (Phi) is 6.07. The number of halogens is 2. The van der Waals surface area contributed by atoms with Gasteiger partial charge in [0, 0.05) is 29.6 Å². The molecule has 2 aromatic carbocycles. The molecule has 2 fully saturated rings. The molecular formula is C30H30Cl2N2O7. The van der Waals surface area contributed by atoms with Gasteiger partial charge in [0.15, 0.2) is 17.6 Å². The fraction of sp³-hybridized carbons (Fsp3) is 0.467. The van der Waals surface area contributed by atoms with Gasteiger partial charge in [-0.25, -0.2) is 4.79 Å². The molecule has 9 nitrogen and oxygen atoms in total. The van der Waals surface area contributed by atoms with Gasteiger partial charge < -0.3 is 30.1 Å². The fourth-order valence-electron chi connectivity index (χ4n) is 7.65. The van der Waals surface area contributed by atoms with Crippen molar-refractivity contribution in [3.63, 3.8) is 0 Å². The summed E-state index contributed by atoms with van der Waals surface area (Å²) in [6.07, 6.45) is 2.13. The second-order valence-electron chi connectivity index (χ2n) is 11.8. The van der Waals surface area contributed by atoms with Crippen LogP contribution in [0.2, 0.25) is 10.0 Å². The third kappa shape index (κ3) is 3.75. The first kappa shape index (κ1) is 26.9. The van der Waals surface area contributed by atoms with Crippen molar-refractivity contribution in [3.05, 3.63) is 62.3 Å². The normalized spacial score (nSPS) is 29.6. The van der Waals surface area contributed by atoms with Crippen LogP contribution < -0.4 is 10.1 Å². The molecule has 3 aliphatic carbocycles. The lowest BCUT2D eigenvalue weighted by Gasteiger charge is -2.62. The number of piperidine rings is 1. The molecule has 1 saturated heterocycles. The minimum Gasteiger partial charge on any atom is -0.508 e. The summed E-state index contributed by atoms with van der Waals surface area (Å²) in [7, 11) is 0. The highest BCUT2D eigenvalue weighted by molar-refractivity contribution is 6.37. The van der Waals surface area contributed by atoms with Crippen LogP contribution >= 0.6 is 23.2 Å². The van der Waals surface area contributed by atoms with Crippen LogP contribution in [0.5, 0.6) is 11.5 Å². The number of benzene rings is 2. The van der Waals surface area contributed by atoms with Crippen LogP contribution in [0.1, 0.15) is 54.1 Å². The molecule has 0 aromatic heterocycles. The lowest BCUT2D eigenvalue weighted by Crippen LogP contribution is -2.75. The Morgan fingerprint density at radius 3 is 2.73 bits per heavy atom. The van der Waals surface area contributed by atoms with Crippen molar-refractivity contribution in [1.82, 2.24) is 4.90 Å². The molecule has 4 atom stereocenters. The molecule has 4 N–H and O–H groups in total. The molecule has 0 unspecified atom stereocenters. The van der Waals surface area contributed by atoms with Gasteiger partial charge in [0.05, 0.1) is 33.9 Å². The Morgan fingerprint density at radius 1 is 1.22 bits per heavy atom. The molecule has 2 aliphatic heterocycles. The monoisotopic (exact) mass is 600 g/mol. The molecule has 2 bridgehead atoms. The number of hydrogen-bond acceptors (Lipinski definition) is 8. The number of phenols is 1. The van der Waals surface area contributed by atoms with Gasteiger partial charge in [-0.2, -0.15) is 0 Å². The number of ether oxygens (including phenoxy) is 2. The van der Waals surface area contributed by atoms with Crippen molar-refractivity contribution < 1.29 is 34.4 Å². The van der Waals surface area contributed by atoms with Gasteiger partial charge in [-0.05, 0) is 68.8 Å². The Balaban J connectivity index is 1.33. The van der Waals surface area contributed by atoms with E-state index in [1.807, 2.05) is 6.07 Å². The van der Waals surface area contributed by atoms with Crippen LogP contribution in [-0.2, 0) is 21.4 Å². The van der Waals surface area contributed by atoms with Crippen LogP contribution in [0.3, 0.4) is 0 Å². The predicted octanol–water partition coefficient (Wildman–Crippen LogP) is 4.50. The minimum absolute atomic E-state index is 0.000730. The molecule has 7 rings (SSSR count). The zero-order valence-electron chi connectivity index (χ0n) is 22.4. The second-order valence-corrected chi connectivity index (χ2v) is 12.6. The molecule has 1 spiro atoms. The van der Waals surface area contributed by atoms with E-state index in [2.05, 4.69) is 10.2 Å². The van der Waals surface area contributed by atoms with Gasteiger partial charge in [-0.15, -0.1) is 0 Å². The van der Waals surface area contributed by atoms with E-state index in [0.717, 1.165) is 30.5 Å². The number of hydrogen-bond donors (Lipinski definition) is 4. The zero-order chi connectivity index (χ0) is 28.8. The first-order valence-electron chi connectivity index (χ1n) is 14.0. The first-order chi connectivity index (χ1) is 19.6. The summed E-state index contributed by atoms with van der Waals surface area (Å²) in [6.45, 7) is 3.31. The summed E-state index contributed by atoms with van der Waals surface area (Å²) in [6, 6.07) is 5.89. The molecule has 0 radical (unpaired) electrons. The number of aromatic hydroxyl groups is 1. The van der Waals surface area contributed by atoms with Gasteiger partial charge >= 0.3 is 5.97 Å². The standard InChI is InChI=1S/C30H30Cl2N2O7/c1-2-40-28(38)22-18(32)10-16(31)11-19(22)33-27(37)17-12-30(39)21-9-15-5-6-20(35)25-23(15)29(30,26(41-25)24(17)36)7-8-34(21)13-14-3-4-14/h5-6,10-11,14,21,26,35-36,39H,2-4,7-9,12-13H2,1H3,(H,33,37)/t21-,26+,29+,30-/m1/s1. The average Bonchev–Trinajstić information content (AvgIpc) is 3.65. The highest BCUT2D eigenvalue weighted by atomic mass is 35.5. The summed E-state index contributed by atoms with van der Waals surface area (Å²) in [5, 5.41) is 38.0. The molecule has 11 heteroatoms. The Hall–Kier alpha value is -2.98. The van der Waals surface area contributed by atoms with Gasteiger partial charge in [0.2, 0.25) is 0 Å². The molecule has 1 amide bonds. The third-order valence-corrected chi connectivity index (χ3v) is 10.1. The fourth-order valence-corrected chi connectivity index (χ4v) is 8.22. The van der Waals surface area contributed by atoms with Crippen LogP contribution in [0.15, 0.2) is 35.6 Å². The maximum absolute atomic E-state index is 13.9. The Morgan fingerprint density at radius 2 is 2.00 bits per heavy atom. The molecule has 1 saturated carbocycles. The summed E-state index contributed by atoms with van der Waals surface area (Å²) in [5.41, 5.74) is -0.898. The highest BCUT2D eigenvalue weighted by Crippen LogP contribution is 2.66. The lowest BCUT2D eigenvalue weighted by atomic mass is 9.49. The van der Waals surface area contributed by atoms with Crippen LogP contribution in [-0.4, -0.2) is 69.5 Å². The molecule has 41 heavy (non-hydrogen) atoms. The van der Waals surface area contributed by atoms with Crippen molar-refractivity contribution in [1.29, 1.82) is 0 Å². The predicted molar refractivity (Wildman–Crippen MR) is 151 cm³/mol. The number of carbonyl (C=O) groups excluding carboxylic acids is 2. The van der Waals surface area contributed by atoms with E-state index in [4.69, 9.17) is 32.7 Å². The van der Waals surface area contributed by atoms with Crippen molar-refractivity contribution in [3.8, 4) is 11.5 Å². The number of aliphatic hydroxyl groups is 2. The van der Waals surface area contributed by atoms with Crippen molar-refractivity contribution in [2.24, 2.45) is 5.92 Å². The number of carbonyl (C=O) groups is 2. The SMILES string of the molecule is CCOC(=O)c1c(Cl)cc(Cl)cc1NC(=O)C1=C(O)[C@@H]2Oc3c(O)ccc4c3[C@@]23CCN(CC2CC2)[C@H](C4)[C@]3(O)C1. The van der Waals surface area contributed by atoms with Crippen molar-refractivity contribution in [2.45, 2.75) is 62.2 Å². The van der Waals surface area contributed by atoms with Gasteiger partial charge in [0.1, 0.15) is 11.3 Å². The quantitative estimate of drug-likeness (QED) is 0.357. The largest absolute Gasteiger partial charge is 0.508 e. The highest BCUT2D eigenvalue weighted by Gasteiger charge is 2.73. The van der Waals surface area contributed by atoms with Gasteiger partial charge in [-0.3, -0.25) is 9.69 Å². The lowest BCUT2D eigenvalue weighted by molar-refractivity contribution is -0.172. The van der Waals surface area contributed by atoms with Gasteiger partial charge in [0.25, 0.3) is 5.91 Å². The summed E-state index contributed by atoms with van der Waals surface area (Å²) >= 11 is 12.5. The molecule has 2 aromatic rings. The maximum atomic E-state index is 13.9. The van der Waals surface area contributed by atoms with Crippen molar-refractivity contribution in [2.75, 3.05) is 25.0 Å². The van der Waals surface area contributed by atoms with Crippen LogP contribution in [0, 0.1) is 5.92 Å². The summed E-state index contributed by atoms with van der Waals surface area (Å²) in [5.74, 6) is -1.00. The number of rotatable bonds is 6. The second kappa shape index (κ2) is 9.26. The van der Waals surface area contributed by atoms with E-state index in [9.17, 15) is 24.9 Å². The van der Waals surface area contributed by atoms with E-state index >= 15 is 0 Å². The Labute approximate surface area is 246 Å².